The maximum atomic E-state index is 14.6. The number of anilines is 3. The molecule has 39 heavy (non-hydrogen) atoms. The molecule has 0 saturated carbocycles. The lowest BCUT2D eigenvalue weighted by atomic mass is 10.1. The largest absolute Gasteiger partial charge is 0.482 e. The van der Waals surface area contributed by atoms with E-state index in [1.165, 1.54) is 18.9 Å². The second-order valence-electron chi connectivity index (χ2n) is 10.7. The van der Waals surface area contributed by atoms with Gasteiger partial charge in [0.1, 0.15) is 12.4 Å². The normalized spacial score (nSPS) is 16.0. The number of rotatable bonds is 10. The Morgan fingerprint density at radius 3 is 2.54 bits per heavy atom. The number of sulfonamides is 1. The van der Waals surface area contributed by atoms with Crippen molar-refractivity contribution in [2.24, 2.45) is 0 Å². The van der Waals surface area contributed by atoms with Gasteiger partial charge in [-0.25, -0.2) is 22.5 Å². The Morgan fingerprint density at radius 2 is 1.85 bits per heavy atom. The molecular weight excluding hydrogens is 519 g/mol. The maximum absolute atomic E-state index is 14.6. The molecule has 1 fully saturated rings. The molecule has 11 heteroatoms. The van der Waals surface area contributed by atoms with Gasteiger partial charge in [-0.1, -0.05) is 6.07 Å². The van der Waals surface area contributed by atoms with Crippen LogP contribution in [0.4, 0.5) is 21.8 Å². The van der Waals surface area contributed by atoms with E-state index < -0.39 is 21.4 Å². The Kier molecular flexibility index (Phi) is 8.59. The van der Waals surface area contributed by atoms with Crippen LogP contribution in [-0.2, 0) is 14.8 Å². The van der Waals surface area contributed by atoms with Crippen LogP contribution in [0.25, 0.3) is 0 Å². The van der Waals surface area contributed by atoms with Gasteiger partial charge in [-0.3, -0.25) is 4.90 Å². The summed E-state index contributed by atoms with van der Waals surface area (Å²) in [7, 11) is -3.73. The van der Waals surface area contributed by atoms with Gasteiger partial charge in [0, 0.05) is 35.6 Å². The summed E-state index contributed by atoms with van der Waals surface area (Å²) < 4.78 is 48.7. The smallest absolute Gasteiger partial charge is 0.241 e. The van der Waals surface area contributed by atoms with Crippen LogP contribution in [0.15, 0.2) is 64.1 Å². The molecule has 2 aliphatic rings. The molecule has 0 spiro atoms. The van der Waals surface area contributed by atoms with Crippen molar-refractivity contribution < 1.29 is 17.5 Å². The number of likely N-dealkylation sites (tertiary alicyclic amines) is 1. The van der Waals surface area contributed by atoms with Gasteiger partial charge >= 0.3 is 0 Å². The average molecular weight is 555 g/mol. The zero-order chi connectivity index (χ0) is 28.2. The van der Waals surface area contributed by atoms with Crippen molar-refractivity contribution in [3.05, 3.63) is 70.3 Å². The molecule has 0 bridgehead atoms. The lowest BCUT2D eigenvalue weighted by molar-refractivity contribution is 0.170. The summed E-state index contributed by atoms with van der Waals surface area (Å²) in [4.78, 5) is 11.2. The summed E-state index contributed by atoms with van der Waals surface area (Å²) in [5, 5.41) is 6.11. The zero-order valence-electron chi connectivity index (χ0n) is 23.0. The summed E-state index contributed by atoms with van der Waals surface area (Å²) >= 11 is 0. The summed E-state index contributed by atoms with van der Waals surface area (Å²) in [6, 6.07) is 5.08. The Bertz CT molecular complexity index is 1480. The Hall–Kier alpha value is -3.46. The number of ether oxygens (including phenoxy) is 1. The third-order valence-corrected chi connectivity index (χ3v) is 7.95. The van der Waals surface area contributed by atoms with Crippen molar-refractivity contribution >= 4 is 27.5 Å². The van der Waals surface area contributed by atoms with E-state index in [0.717, 1.165) is 25.2 Å². The van der Waals surface area contributed by atoms with Crippen LogP contribution < -0.4 is 15.4 Å². The predicted octanol–water partition coefficient (Wildman–Crippen LogP) is 4.83. The van der Waals surface area contributed by atoms with Gasteiger partial charge in [-0.2, -0.15) is 4.98 Å². The number of halogens is 1. The van der Waals surface area contributed by atoms with Crippen LogP contribution >= 0.6 is 0 Å². The van der Waals surface area contributed by atoms with Gasteiger partial charge in [0.25, 0.3) is 0 Å². The van der Waals surface area contributed by atoms with E-state index in [9.17, 15) is 12.8 Å². The van der Waals surface area contributed by atoms with Crippen molar-refractivity contribution in [1.29, 1.82) is 0 Å². The first kappa shape index (κ1) is 28.5. The molecule has 4 rings (SSSR count). The first-order valence-corrected chi connectivity index (χ1v) is 14.4. The first-order chi connectivity index (χ1) is 18.4. The molecule has 0 atom stereocenters. The summed E-state index contributed by atoms with van der Waals surface area (Å²) in [5.41, 5.74) is 7.15. The molecule has 1 aromatic carbocycles. The average Bonchev–Trinajstić information content (AvgIpc) is 3.36. The quantitative estimate of drug-likeness (QED) is 0.359. The molecule has 208 valence electrons. The molecule has 1 saturated heterocycles. The van der Waals surface area contributed by atoms with E-state index in [-0.39, 0.29) is 16.6 Å². The second-order valence-corrected chi connectivity index (χ2v) is 12.3. The highest BCUT2D eigenvalue weighted by Gasteiger charge is 2.24. The van der Waals surface area contributed by atoms with Gasteiger partial charge in [-0.15, -0.1) is 0 Å². The molecule has 1 aromatic heterocycles. The Labute approximate surface area is 229 Å². The predicted molar refractivity (Wildman–Crippen MR) is 150 cm³/mol. The van der Waals surface area contributed by atoms with Gasteiger partial charge in [0.05, 0.1) is 10.6 Å². The lowest BCUT2D eigenvalue weighted by Gasteiger charge is -2.21. The highest BCUT2D eigenvalue weighted by Crippen LogP contribution is 2.26. The Balaban J connectivity index is 1.48. The fourth-order valence-corrected chi connectivity index (χ4v) is 5.87. The SMILES string of the molecule is Cc1ccc(Nc2nc(NC3=C=C=C(OCCN4CCCC4)C(F)=C3)ncc2C)cc1S(=O)(=O)NC(C)(C)C. The highest BCUT2D eigenvalue weighted by atomic mass is 32.2. The van der Waals surface area contributed by atoms with Crippen LogP contribution in [0.5, 0.6) is 0 Å². The minimum Gasteiger partial charge on any atom is -0.482 e. The number of aromatic nitrogens is 2. The number of hydrogen-bond donors (Lipinski definition) is 3. The first-order valence-electron chi connectivity index (χ1n) is 12.9. The van der Waals surface area contributed by atoms with Crippen LogP contribution in [0.1, 0.15) is 44.7 Å². The Morgan fingerprint density at radius 1 is 1.10 bits per heavy atom. The van der Waals surface area contributed by atoms with Gasteiger partial charge < -0.3 is 15.4 Å². The summed E-state index contributed by atoms with van der Waals surface area (Å²) in [6.45, 7) is 12.2. The number of hydrogen-bond acceptors (Lipinski definition) is 8. The number of nitrogens with one attached hydrogen (secondary N) is 3. The highest BCUT2D eigenvalue weighted by molar-refractivity contribution is 7.89. The van der Waals surface area contributed by atoms with Crippen molar-refractivity contribution in [3.8, 4) is 0 Å². The van der Waals surface area contributed by atoms with E-state index in [0.29, 0.717) is 29.4 Å². The van der Waals surface area contributed by atoms with Gasteiger partial charge in [-0.05, 0) is 89.7 Å². The number of aryl methyl sites for hydroxylation is 2. The van der Waals surface area contributed by atoms with Gasteiger partial charge in [0.15, 0.2) is 5.83 Å². The van der Waals surface area contributed by atoms with Crippen molar-refractivity contribution in [2.45, 2.75) is 57.9 Å². The molecule has 1 aliphatic heterocycles. The van der Waals surface area contributed by atoms with Crippen LogP contribution in [0, 0.1) is 13.8 Å². The molecule has 1 aliphatic carbocycles. The van der Waals surface area contributed by atoms with Crippen molar-refractivity contribution in [3.63, 3.8) is 0 Å². The standard InChI is InChI=1S/C28H35FN6O3S/c1-19-8-9-22(17-25(19)39(36,37)34-28(3,4)5)31-26-20(2)18-30-27(33-26)32-21-10-11-24(23(29)16-21)38-15-14-35-12-6-7-13-35/h8-9,16-18,34H,6-7,12-15H2,1-5H3,(H2,30,31,32,33). The van der Waals surface area contributed by atoms with Crippen molar-refractivity contribution in [2.75, 3.05) is 36.9 Å². The van der Waals surface area contributed by atoms with Crippen LogP contribution in [0.2, 0.25) is 0 Å². The van der Waals surface area contributed by atoms with Crippen LogP contribution in [0.3, 0.4) is 0 Å². The van der Waals surface area contributed by atoms with E-state index in [2.05, 4.69) is 41.7 Å². The summed E-state index contributed by atoms with van der Waals surface area (Å²) in [6.07, 6.45) is 5.25. The third-order valence-electron chi connectivity index (χ3n) is 6.05. The number of allylic oxidation sites excluding steroid dienone is 2. The number of nitrogens with zero attached hydrogens (tertiary/aromatic N) is 3. The zero-order valence-corrected chi connectivity index (χ0v) is 23.8. The van der Waals surface area contributed by atoms with E-state index in [1.807, 2.05) is 6.92 Å². The van der Waals surface area contributed by atoms with E-state index in [4.69, 9.17) is 4.74 Å². The minimum atomic E-state index is -3.73. The summed E-state index contributed by atoms with van der Waals surface area (Å²) in [5.74, 6) is 0.150. The van der Waals surface area contributed by atoms with E-state index >= 15 is 0 Å². The molecule has 2 aromatic rings. The molecule has 0 unspecified atom stereocenters. The van der Waals surface area contributed by atoms with Gasteiger partial charge in [0.2, 0.25) is 21.7 Å². The topological polar surface area (TPSA) is 108 Å². The molecule has 2 heterocycles. The fraction of sp³-hybridized carbons (Fsp3) is 0.429. The van der Waals surface area contributed by atoms with E-state index in [1.54, 1.807) is 52.1 Å². The number of benzene rings is 1. The fourth-order valence-electron chi connectivity index (χ4n) is 4.18. The second kappa shape index (κ2) is 11.7. The maximum Gasteiger partial charge on any atom is 0.241 e. The molecular formula is C28H35FN6O3S. The van der Waals surface area contributed by atoms with Crippen LogP contribution in [-0.4, -0.2) is 55.1 Å². The lowest BCUT2D eigenvalue weighted by Crippen LogP contribution is -2.40. The molecule has 3 N–H and O–H groups in total. The van der Waals surface area contributed by atoms with Crippen molar-refractivity contribution in [1.82, 2.24) is 19.6 Å². The molecule has 0 radical (unpaired) electrons. The molecule has 9 nitrogen and oxygen atoms in total. The molecule has 0 amide bonds. The monoisotopic (exact) mass is 554 g/mol. The minimum absolute atomic E-state index is 0.0259. The third kappa shape index (κ3) is 7.79.